The Balaban J connectivity index is 1.41. The molecule has 0 saturated carbocycles. The fraction of sp³-hybridized carbons (Fsp3) is 0.316. The summed E-state index contributed by atoms with van der Waals surface area (Å²) in [4.78, 5) is 29.6. The van der Waals surface area contributed by atoms with Crippen LogP contribution in [0.15, 0.2) is 107 Å². The molecule has 2 aliphatic rings. The summed E-state index contributed by atoms with van der Waals surface area (Å²) in [6.45, 7) is 8.07. The Morgan fingerprint density at radius 2 is 1.56 bits per heavy atom. The van der Waals surface area contributed by atoms with Gasteiger partial charge in [-0.2, -0.15) is 0 Å². The summed E-state index contributed by atoms with van der Waals surface area (Å²) < 4.78 is 11.4. The van der Waals surface area contributed by atoms with Gasteiger partial charge in [0, 0.05) is 49.1 Å². The van der Waals surface area contributed by atoms with Gasteiger partial charge in [-0.15, -0.1) is 6.42 Å². The number of nitrogens with zero attached hydrogens (tertiary/aromatic N) is 1. The fourth-order valence-corrected chi connectivity index (χ4v) is 6.65. The second-order valence-electron chi connectivity index (χ2n) is 11.7. The monoisotopic (exact) mass is 603 g/mol. The number of hydrogen-bond acceptors (Lipinski definition) is 7. The largest absolute Gasteiger partial charge is 0.466 e. The average Bonchev–Trinajstić information content (AvgIpc) is 3.06. The molecule has 0 spiro atoms. The van der Waals surface area contributed by atoms with Gasteiger partial charge in [0.05, 0.1) is 30.2 Å². The lowest BCUT2D eigenvalue weighted by Crippen LogP contribution is -2.53. The van der Waals surface area contributed by atoms with Crippen molar-refractivity contribution in [2.24, 2.45) is 0 Å². The van der Waals surface area contributed by atoms with Crippen LogP contribution in [-0.4, -0.2) is 55.7 Å². The number of nitrogens with one attached hydrogen (secondary N) is 2. The first-order valence-electron chi connectivity index (χ1n) is 15.4. The Kier molecular flexibility index (Phi) is 10.2. The lowest BCUT2D eigenvalue weighted by Gasteiger charge is -2.43. The molecule has 232 valence electrons. The van der Waals surface area contributed by atoms with Gasteiger partial charge in [0.1, 0.15) is 6.10 Å². The van der Waals surface area contributed by atoms with Crippen molar-refractivity contribution in [3.63, 3.8) is 0 Å². The highest BCUT2D eigenvalue weighted by molar-refractivity contribution is 6.00. The molecule has 1 saturated heterocycles. The standard InChI is InChI=1S/C38H41N3O4/c1-6-28-14-13-19-31(23-28)35-33(37(42)44-5)26(3)40-27(4)34(35)38(43)45-25(2)22-32-24-39-20-21-41(32)36(29-15-9-7-10-16-29)30-17-11-8-12-18-30/h1,7-19,23,25,32,35-36,39-40H,20-22,24H2,2-5H3. The van der Waals surface area contributed by atoms with Gasteiger partial charge in [-0.05, 0) is 49.6 Å². The Labute approximate surface area is 266 Å². The van der Waals surface area contributed by atoms with Crippen molar-refractivity contribution < 1.29 is 19.1 Å². The molecule has 0 amide bonds. The van der Waals surface area contributed by atoms with Crippen LogP contribution in [0.2, 0.25) is 0 Å². The summed E-state index contributed by atoms with van der Waals surface area (Å²) in [6.07, 6.45) is 5.93. The minimum absolute atomic E-state index is 0.0680. The molecule has 0 aliphatic carbocycles. The summed E-state index contributed by atoms with van der Waals surface area (Å²) in [6, 6.07) is 28.6. The van der Waals surface area contributed by atoms with E-state index in [9.17, 15) is 9.59 Å². The van der Waals surface area contributed by atoms with Crippen LogP contribution in [-0.2, 0) is 19.1 Å². The molecule has 0 radical (unpaired) electrons. The van der Waals surface area contributed by atoms with E-state index in [0.29, 0.717) is 34.5 Å². The maximum atomic E-state index is 14.1. The third kappa shape index (κ3) is 7.04. The molecule has 0 aromatic heterocycles. The molecule has 3 aromatic rings. The van der Waals surface area contributed by atoms with E-state index in [1.807, 2.05) is 50.2 Å². The highest BCUT2D eigenvalue weighted by atomic mass is 16.5. The third-order valence-corrected chi connectivity index (χ3v) is 8.64. The Hall–Kier alpha value is -4.64. The number of carbonyl (C=O) groups excluding carboxylic acids is 2. The van der Waals surface area contributed by atoms with Crippen molar-refractivity contribution in [2.75, 3.05) is 26.7 Å². The van der Waals surface area contributed by atoms with E-state index < -0.39 is 24.0 Å². The van der Waals surface area contributed by atoms with Gasteiger partial charge in [-0.1, -0.05) is 78.7 Å². The normalized spacial score (nSPS) is 19.5. The third-order valence-electron chi connectivity index (χ3n) is 8.64. The van der Waals surface area contributed by atoms with Gasteiger partial charge in [-0.25, -0.2) is 9.59 Å². The van der Waals surface area contributed by atoms with Gasteiger partial charge in [0.2, 0.25) is 0 Å². The number of benzene rings is 3. The lowest BCUT2D eigenvalue weighted by molar-refractivity contribution is -0.145. The first-order chi connectivity index (χ1) is 21.8. The smallest absolute Gasteiger partial charge is 0.337 e. The molecular formula is C38H41N3O4. The van der Waals surface area contributed by atoms with E-state index in [1.165, 1.54) is 18.2 Å². The van der Waals surface area contributed by atoms with E-state index >= 15 is 0 Å². The first-order valence-corrected chi connectivity index (χ1v) is 15.4. The van der Waals surface area contributed by atoms with Crippen molar-refractivity contribution in [3.05, 3.63) is 130 Å². The van der Waals surface area contributed by atoms with E-state index in [1.54, 1.807) is 6.92 Å². The molecule has 2 N–H and O–H groups in total. The number of esters is 2. The van der Waals surface area contributed by atoms with Crippen LogP contribution < -0.4 is 10.6 Å². The van der Waals surface area contributed by atoms with E-state index in [0.717, 1.165) is 25.2 Å². The quantitative estimate of drug-likeness (QED) is 0.248. The number of ether oxygens (including phenoxy) is 2. The number of hydrogen-bond donors (Lipinski definition) is 2. The van der Waals surface area contributed by atoms with Crippen molar-refractivity contribution >= 4 is 11.9 Å². The predicted octanol–water partition coefficient (Wildman–Crippen LogP) is 5.46. The molecule has 7 heteroatoms. The van der Waals surface area contributed by atoms with Crippen LogP contribution in [0.25, 0.3) is 0 Å². The van der Waals surface area contributed by atoms with Crippen molar-refractivity contribution in [2.45, 2.75) is 51.3 Å². The van der Waals surface area contributed by atoms with E-state index in [4.69, 9.17) is 15.9 Å². The zero-order valence-electron chi connectivity index (χ0n) is 26.4. The van der Waals surface area contributed by atoms with Gasteiger partial charge in [-0.3, -0.25) is 4.90 Å². The molecule has 5 rings (SSSR count). The summed E-state index contributed by atoms with van der Waals surface area (Å²) in [5, 5.41) is 6.76. The Morgan fingerprint density at radius 1 is 0.933 bits per heavy atom. The number of allylic oxidation sites excluding steroid dienone is 2. The minimum atomic E-state index is -0.694. The topological polar surface area (TPSA) is 79.9 Å². The number of methoxy groups -OCH3 is 1. The predicted molar refractivity (Wildman–Crippen MR) is 176 cm³/mol. The van der Waals surface area contributed by atoms with Crippen molar-refractivity contribution in [1.29, 1.82) is 0 Å². The van der Waals surface area contributed by atoms with Crippen LogP contribution >= 0.6 is 0 Å². The van der Waals surface area contributed by atoms with Crippen LogP contribution in [0.5, 0.6) is 0 Å². The summed E-state index contributed by atoms with van der Waals surface area (Å²) in [5.41, 5.74) is 5.80. The molecule has 0 bridgehead atoms. The number of terminal acetylenes is 1. The van der Waals surface area contributed by atoms with Crippen molar-refractivity contribution in [1.82, 2.24) is 15.5 Å². The molecule has 2 heterocycles. The van der Waals surface area contributed by atoms with Crippen LogP contribution in [0, 0.1) is 12.3 Å². The number of rotatable bonds is 9. The molecule has 1 fully saturated rings. The summed E-state index contributed by atoms with van der Waals surface area (Å²) in [5.74, 6) is 0.969. The molecule has 7 nitrogen and oxygen atoms in total. The van der Waals surface area contributed by atoms with Crippen molar-refractivity contribution in [3.8, 4) is 12.3 Å². The SMILES string of the molecule is C#Cc1cccc(C2C(C(=O)OC)=C(C)NC(C)=C2C(=O)OC(C)CC2CNCCN2C(c2ccccc2)c2ccccc2)c1. The second-order valence-corrected chi connectivity index (χ2v) is 11.7. The highest BCUT2D eigenvalue weighted by Crippen LogP contribution is 2.40. The molecule has 3 aromatic carbocycles. The Morgan fingerprint density at radius 3 is 2.16 bits per heavy atom. The van der Waals surface area contributed by atoms with Gasteiger partial charge < -0.3 is 20.1 Å². The zero-order valence-corrected chi connectivity index (χ0v) is 26.4. The fourth-order valence-electron chi connectivity index (χ4n) is 6.65. The van der Waals surface area contributed by atoms with Gasteiger partial charge in [0.15, 0.2) is 0 Å². The van der Waals surface area contributed by atoms with Crippen LogP contribution in [0.3, 0.4) is 0 Å². The zero-order chi connectivity index (χ0) is 31.9. The van der Waals surface area contributed by atoms with Gasteiger partial charge in [0.25, 0.3) is 0 Å². The molecule has 3 atom stereocenters. The average molecular weight is 604 g/mol. The highest BCUT2D eigenvalue weighted by Gasteiger charge is 2.39. The maximum absolute atomic E-state index is 14.1. The summed E-state index contributed by atoms with van der Waals surface area (Å²) >= 11 is 0. The van der Waals surface area contributed by atoms with E-state index in [2.05, 4.69) is 70.0 Å². The van der Waals surface area contributed by atoms with Crippen LogP contribution in [0.1, 0.15) is 61.4 Å². The number of dihydropyridines is 1. The maximum Gasteiger partial charge on any atom is 0.337 e. The molecule has 45 heavy (non-hydrogen) atoms. The molecule has 3 unspecified atom stereocenters. The Bertz CT molecular complexity index is 1580. The minimum Gasteiger partial charge on any atom is -0.466 e. The number of piperazine rings is 1. The van der Waals surface area contributed by atoms with Crippen LogP contribution in [0.4, 0.5) is 0 Å². The summed E-state index contributed by atoms with van der Waals surface area (Å²) in [7, 11) is 1.34. The molecular weight excluding hydrogens is 562 g/mol. The van der Waals surface area contributed by atoms with Gasteiger partial charge >= 0.3 is 11.9 Å². The molecule has 2 aliphatic heterocycles. The second kappa shape index (κ2) is 14.4. The van der Waals surface area contributed by atoms with E-state index in [-0.39, 0.29) is 12.1 Å². The first kappa shape index (κ1) is 31.8. The number of carbonyl (C=O) groups is 2. The lowest BCUT2D eigenvalue weighted by atomic mass is 9.80.